The fourth-order valence-electron chi connectivity index (χ4n) is 1.75. The molecule has 0 aliphatic heterocycles. The molecular weight excluding hydrogens is 258 g/mol. The number of aliphatic hydroxyl groups is 1. The maximum atomic E-state index is 12.2. The number of amides is 1. The molecule has 0 spiro atoms. The minimum absolute atomic E-state index is 0.0346. The minimum atomic E-state index is -0.409. The van der Waals surface area contributed by atoms with E-state index in [1.54, 1.807) is 24.3 Å². The lowest BCUT2D eigenvalue weighted by atomic mass is 9.95. The van der Waals surface area contributed by atoms with Crippen LogP contribution in [0.25, 0.3) is 10.8 Å². The molecule has 6 nitrogen and oxygen atoms in total. The lowest BCUT2D eigenvalue weighted by Gasteiger charge is -2.21. The van der Waals surface area contributed by atoms with Crippen molar-refractivity contribution in [2.24, 2.45) is 5.41 Å². The number of hydrogen-bond donors (Lipinski definition) is 3. The van der Waals surface area contributed by atoms with E-state index in [1.807, 2.05) is 13.8 Å². The van der Waals surface area contributed by atoms with E-state index in [9.17, 15) is 14.7 Å². The Balaban J connectivity index is 2.32. The number of aromatic amines is 1. The fourth-order valence-corrected chi connectivity index (χ4v) is 1.75. The number of rotatable bonds is 4. The van der Waals surface area contributed by atoms with Crippen LogP contribution in [0.5, 0.6) is 0 Å². The van der Waals surface area contributed by atoms with E-state index in [0.29, 0.717) is 17.3 Å². The molecule has 0 atom stereocenters. The maximum Gasteiger partial charge on any atom is 0.272 e. The molecule has 0 unspecified atom stereocenters. The van der Waals surface area contributed by atoms with E-state index < -0.39 is 5.41 Å². The van der Waals surface area contributed by atoms with Gasteiger partial charge in [-0.3, -0.25) is 9.59 Å². The first kappa shape index (κ1) is 14.2. The lowest BCUT2D eigenvalue weighted by molar-refractivity contribution is 0.0907. The summed E-state index contributed by atoms with van der Waals surface area (Å²) in [6.07, 6.45) is 0. The van der Waals surface area contributed by atoms with Gasteiger partial charge in [-0.2, -0.15) is 5.10 Å². The van der Waals surface area contributed by atoms with Gasteiger partial charge in [-0.25, -0.2) is 5.10 Å². The van der Waals surface area contributed by atoms with Crippen LogP contribution in [0.2, 0.25) is 0 Å². The van der Waals surface area contributed by atoms with Gasteiger partial charge < -0.3 is 10.4 Å². The van der Waals surface area contributed by atoms with Crippen molar-refractivity contribution < 1.29 is 9.90 Å². The van der Waals surface area contributed by atoms with Crippen molar-refractivity contribution in [1.29, 1.82) is 0 Å². The molecule has 2 rings (SSSR count). The summed E-state index contributed by atoms with van der Waals surface area (Å²) in [7, 11) is 0. The van der Waals surface area contributed by atoms with Crippen molar-refractivity contribution in [3.05, 3.63) is 40.3 Å². The number of aliphatic hydroxyl groups excluding tert-OH is 1. The maximum absolute atomic E-state index is 12.2. The van der Waals surface area contributed by atoms with Crippen LogP contribution in [-0.2, 0) is 0 Å². The third-order valence-electron chi connectivity index (χ3n) is 3.07. The first-order valence-electron chi connectivity index (χ1n) is 6.31. The Hall–Kier alpha value is -2.21. The van der Waals surface area contributed by atoms with Gasteiger partial charge in [0.2, 0.25) is 0 Å². The molecule has 1 aromatic carbocycles. The Kier molecular flexibility index (Phi) is 3.85. The van der Waals surface area contributed by atoms with Gasteiger partial charge in [-0.15, -0.1) is 0 Å². The molecule has 106 valence electrons. The van der Waals surface area contributed by atoms with Crippen LogP contribution < -0.4 is 10.9 Å². The second-order valence-corrected chi connectivity index (χ2v) is 5.45. The zero-order valence-electron chi connectivity index (χ0n) is 11.4. The second kappa shape index (κ2) is 5.42. The Morgan fingerprint density at radius 2 is 2.00 bits per heavy atom. The largest absolute Gasteiger partial charge is 0.396 e. The van der Waals surface area contributed by atoms with Gasteiger partial charge >= 0.3 is 0 Å². The van der Waals surface area contributed by atoms with Gasteiger partial charge in [0.25, 0.3) is 11.5 Å². The lowest BCUT2D eigenvalue weighted by Crippen LogP contribution is -2.36. The smallest absolute Gasteiger partial charge is 0.272 e. The number of carbonyl (C=O) groups excluding carboxylic acids is 1. The number of benzene rings is 1. The molecule has 1 aromatic heterocycles. The number of fused-ring (bicyclic) bond motifs is 1. The molecule has 0 aliphatic rings. The van der Waals surface area contributed by atoms with Crippen molar-refractivity contribution in [3.63, 3.8) is 0 Å². The molecular formula is C14H17N3O3. The molecule has 0 radical (unpaired) electrons. The molecule has 1 amide bonds. The first-order chi connectivity index (χ1) is 9.44. The van der Waals surface area contributed by atoms with Gasteiger partial charge in [-0.1, -0.05) is 32.0 Å². The van der Waals surface area contributed by atoms with Crippen molar-refractivity contribution in [2.75, 3.05) is 13.2 Å². The molecule has 0 saturated heterocycles. The number of H-pyrrole nitrogens is 1. The highest BCUT2D eigenvalue weighted by Gasteiger charge is 2.20. The number of nitrogens with one attached hydrogen (secondary N) is 2. The first-order valence-corrected chi connectivity index (χ1v) is 6.31. The average molecular weight is 275 g/mol. The Morgan fingerprint density at radius 3 is 2.65 bits per heavy atom. The van der Waals surface area contributed by atoms with E-state index in [2.05, 4.69) is 15.5 Å². The highest BCUT2D eigenvalue weighted by Crippen LogP contribution is 2.14. The summed E-state index contributed by atoms with van der Waals surface area (Å²) in [5.41, 5.74) is -0.560. The van der Waals surface area contributed by atoms with Crippen LogP contribution >= 0.6 is 0 Å². The van der Waals surface area contributed by atoms with Gasteiger partial charge in [0.1, 0.15) is 0 Å². The van der Waals surface area contributed by atoms with Crippen LogP contribution in [0.1, 0.15) is 24.3 Å². The van der Waals surface area contributed by atoms with E-state index in [0.717, 1.165) is 0 Å². The number of carbonyl (C=O) groups is 1. The Labute approximate surface area is 115 Å². The number of hydrogen-bond acceptors (Lipinski definition) is 4. The molecule has 0 saturated carbocycles. The Morgan fingerprint density at radius 1 is 1.35 bits per heavy atom. The Bertz CT molecular complexity index is 691. The summed E-state index contributed by atoms with van der Waals surface area (Å²) in [6.45, 7) is 3.96. The highest BCUT2D eigenvalue weighted by molar-refractivity contribution is 6.04. The third kappa shape index (κ3) is 2.85. The summed E-state index contributed by atoms with van der Waals surface area (Å²) < 4.78 is 0. The van der Waals surface area contributed by atoms with Gasteiger partial charge in [-0.05, 0) is 6.07 Å². The van der Waals surface area contributed by atoms with E-state index in [1.165, 1.54) is 0 Å². The molecule has 1 heterocycles. The molecule has 20 heavy (non-hydrogen) atoms. The van der Waals surface area contributed by atoms with Crippen molar-refractivity contribution >= 4 is 16.7 Å². The van der Waals surface area contributed by atoms with Gasteiger partial charge in [0.15, 0.2) is 5.69 Å². The number of aromatic nitrogens is 2. The summed E-state index contributed by atoms with van der Waals surface area (Å²) >= 11 is 0. The molecule has 0 fully saturated rings. The minimum Gasteiger partial charge on any atom is -0.396 e. The molecule has 2 aromatic rings. The van der Waals surface area contributed by atoms with Crippen LogP contribution in [-0.4, -0.2) is 34.4 Å². The molecule has 0 bridgehead atoms. The van der Waals surface area contributed by atoms with E-state index in [-0.39, 0.29) is 23.8 Å². The van der Waals surface area contributed by atoms with Crippen LogP contribution in [0.15, 0.2) is 29.1 Å². The zero-order chi connectivity index (χ0) is 14.8. The molecule has 6 heteroatoms. The predicted octanol–water partition coefficient (Wildman–Crippen LogP) is 0.671. The van der Waals surface area contributed by atoms with E-state index in [4.69, 9.17) is 0 Å². The second-order valence-electron chi connectivity index (χ2n) is 5.45. The third-order valence-corrected chi connectivity index (χ3v) is 3.07. The normalized spacial score (nSPS) is 11.6. The van der Waals surface area contributed by atoms with Crippen molar-refractivity contribution in [3.8, 4) is 0 Å². The SMILES string of the molecule is CC(C)(CO)CNC(=O)c1n[nH]c(=O)c2ccccc12. The van der Waals surface area contributed by atoms with Gasteiger partial charge in [0.05, 0.1) is 5.39 Å². The highest BCUT2D eigenvalue weighted by atomic mass is 16.3. The quantitative estimate of drug-likeness (QED) is 0.764. The summed E-state index contributed by atoms with van der Waals surface area (Å²) in [5.74, 6) is -0.376. The molecule has 0 aliphatic carbocycles. The number of nitrogens with zero attached hydrogens (tertiary/aromatic N) is 1. The van der Waals surface area contributed by atoms with Crippen LogP contribution in [0, 0.1) is 5.41 Å². The zero-order valence-corrected chi connectivity index (χ0v) is 11.4. The topological polar surface area (TPSA) is 95.1 Å². The predicted molar refractivity (Wildman–Crippen MR) is 75.6 cm³/mol. The summed E-state index contributed by atoms with van der Waals surface area (Å²) in [4.78, 5) is 23.8. The van der Waals surface area contributed by atoms with E-state index >= 15 is 0 Å². The van der Waals surface area contributed by atoms with Gasteiger partial charge in [0, 0.05) is 24.0 Å². The molecule has 3 N–H and O–H groups in total. The van der Waals surface area contributed by atoms with Crippen molar-refractivity contribution in [1.82, 2.24) is 15.5 Å². The summed E-state index contributed by atoms with van der Waals surface area (Å²) in [5, 5.41) is 19.0. The fraction of sp³-hybridized carbons (Fsp3) is 0.357. The standard InChI is InChI=1S/C14H17N3O3/c1-14(2,8-18)7-15-13(20)11-9-5-3-4-6-10(9)12(19)17-16-11/h3-6,18H,7-8H2,1-2H3,(H,15,20)(H,17,19). The van der Waals surface area contributed by atoms with Crippen LogP contribution in [0.3, 0.4) is 0 Å². The van der Waals surface area contributed by atoms with Crippen LogP contribution in [0.4, 0.5) is 0 Å². The summed E-state index contributed by atoms with van der Waals surface area (Å²) in [6, 6.07) is 6.81. The monoisotopic (exact) mass is 275 g/mol. The average Bonchev–Trinajstić information content (AvgIpc) is 2.46. The van der Waals surface area contributed by atoms with Crippen molar-refractivity contribution in [2.45, 2.75) is 13.8 Å².